The predicted molar refractivity (Wildman–Crippen MR) is 59.5 cm³/mol. The molecule has 0 bridgehead atoms. The SMILES string of the molecule is CCN(Cc1ccc(O)c(N)c1)CC(F)(F)F. The second kappa shape index (κ2) is 5.27. The van der Waals surface area contributed by atoms with Crippen LogP contribution >= 0.6 is 0 Å². The molecule has 1 aromatic rings. The van der Waals surface area contributed by atoms with Crippen LogP contribution in [0.1, 0.15) is 12.5 Å². The van der Waals surface area contributed by atoms with Crippen molar-refractivity contribution < 1.29 is 18.3 Å². The van der Waals surface area contributed by atoms with Crippen LogP contribution in [0, 0.1) is 0 Å². The van der Waals surface area contributed by atoms with E-state index >= 15 is 0 Å². The summed E-state index contributed by atoms with van der Waals surface area (Å²) in [6.45, 7) is 1.15. The molecule has 0 atom stereocenters. The highest BCUT2D eigenvalue weighted by Gasteiger charge is 2.29. The molecule has 0 saturated carbocycles. The number of phenolic OH excluding ortho intramolecular Hbond substituents is 1. The van der Waals surface area contributed by atoms with Crippen LogP contribution < -0.4 is 5.73 Å². The summed E-state index contributed by atoms with van der Waals surface area (Å²) in [6.07, 6.45) is -4.21. The molecule has 0 fully saturated rings. The van der Waals surface area contributed by atoms with Crippen LogP contribution in [-0.4, -0.2) is 29.3 Å². The van der Waals surface area contributed by atoms with Gasteiger partial charge in [-0.3, -0.25) is 4.90 Å². The Morgan fingerprint density at radius 3 is 2.47 bits per heavy atom. The van der Waals surface area contributed by atoms with Crippen LogP contribution in [0.2, 0.25) is 0 Å². The van der Waals surface area contributed by atoms with Crippen molar-refractivity contribution in [3.8, 4) is 5.75 Å². The van der Waals surface area contributed by atoms with Gasteiger partial charge in [-0.2, -0.15) is 13.2 Å². The van der Waals surface area contributed by atoms with Crippen molar-refractivity contribution in [2.24, 2.45) is 0 Å². The van der Waals surface area contributed by atoms with Gasteiger partial charge in [0, 0.05) is 6.54 Å². The van der Waals surface area contributed by atoms with Gasteiger partial charge in [-0.15, -0.1) is 0 Å². The third-order valence-electron chi connectivity index (χ3n) is 2.35. The first-order valence-electron chi connectivity index (χ1n) is 5.18. The van der Waals surface area contributed by atoms with E-state index in [0.717, 1.165) is 0 Å². The van der Waals surface area contributed by atoms with Gasteiger partial charge in [0.2, 0.25) is 0 Å². The maximum Gasteiger partial charge on any atom is 0.401 e. The number of hydrogen-bond acceptors (Lipinski definition) is 3. The molecule has 3 nitrogen and oxygen atoms in total. The molecule has 0 heterocycles. The highest BCUT2D eigenvalue weighted by atomic mass is 19.4. The molecule has 0 aliphatic rings. The average molecular weight is 248 g/mol. The second-order valence-electron chi connectivity index (χ2n) is 3.81. The number of benzene rings is 1. The Kier molecular flexibility index (Phi) is 4.22. The van der Waals surface area contributed by atoms with Crippen molar-refractivity contribution in [1.29, 1.82) is 0 Å². The number of alkyl halides is 3. The maximum atomic E-state index is 12.2. The molecule has 0 aromatic heterocycles. The molecule has 17 heavy (non-hydrogen) atoms. The molecule has 3 N–H and O–H groups in total. The summed E-state index contributed by atoms with van der Waals surface area (Å²) in [5.74, 6) is -0.0624. The van der Waals surface area contributed by atoms with Crippen molar-refractivity contribution in [2.45, 2.75) is 19.6 Å². The predicted octanol–water partition coefficient (Wildman–Crippen LogP) is 2.36. The fourth-order valence-corrected chi connectivity index (χ4v) is 1.49. The second-order valence-corrected chi connectivity index (χ2v) is 3.81. The summed E-state index contributed by atoms with van der Waals surface area (Å²) in [5.41, 5.74) is 6.29. The molecule has 6 heteroatoms. The van der Waals surface area contributed by atoms with Crippen molar-refractivity contribution in [2.75, 3.05) is 18.8 Å². The minimum atomic E-state index is -4.21. The highest BCUT2D eigenvalue weighted by Crippen LogP contribution is 2.22. The molecule has 96 valence electrons. The Labute approximate surface area is 97.6 Å². The van der Waals surface area contributed by atoms with E-state index in [9.17, 15) is 18.3 Å². The maximum absolute atomic E-state index is 12.2. The summed E-state index contributed by atoms with van der Waals surface area (Å²) in [4.78, 5) is 1.26. The van der Waals surface area contributed by atoms with Crippen LogP contribution in [0.5, 0.6) is 5.75 Å². The van der Waals surface area contributed by atoms with Crippen LogP contribution in [0.3, 0.4) is 0 Å². The monoisotopic (exact) mass is 248 g/mol. The lowest BCUT2D eigenvalue weighted by molar-refractivity contribution is -0.146. The van der Waals surface area contributed by atoms with Gasteiger partial charge in [-0.1, -0.05) is 13.0 Å². The van der Waals surface area contributed by atoms with Gasteiger partial charge in [0.05, 0.1) is 12.2 Å². The minimum absolute atomic E-state index is 0.0624. The van der Waals surface area contributed by atoms with E-state index in [1.807, 2.05) is 0 Å². The van der Waals surface area contributed by atoms with Crippen molar-refractivity contribution in [1.82, 2.24) is 4.90 Å². The molecule has 0 radical (unpaired) electrons. The van der Waals surface area contributed by atoms with Crippen LogP contribution in [0.4, 0.5) is 18.9 Å². The van der Waals surface area contributed by atoms with E-state index in [1.165, 1.54) is 17.0 Å². The summed E-state index contributed by atoms with van der Waals surface area (Å²) in [7, 11) is 0. The first-order valence-corrected chi connectivity index (χ1v) is 5.18. The molecule has 1 rings (SSSR count). The standard InChI is InChI=1S/C11H15F3N2O/c1-2-16(7-11(12,13)14)6-8-3-4-10(17)9(15)5-8/h3-5,17H,2,6-7,15H2,1H3. The van der Waals surface area contributed by atoms with E-state index < -0.39 is 12.7 Å². The number of phenols is 1. The van der Waals surface area contributed by atoms with Crippen LogP contribution in [0.25, 0.3) is 0 Å². The Bertz CT molecular complexity index is 379. The van der Waals surface area contributed by atoms with E-state index in [-0.39, 0.29) is 18.0 Å². The average Bonchev–Trinajstić information content (AvgIpc) is 2.20. The zero-order chi connectivity index (χ0) is 13.1. The number of hydrogen-bond donors (Lipinski definition) is 2. The van der Waals surface area contributed by atoms with E-state index in [2.05, 4.69) is 0 Å². The Morgan fingerprint density at radius 1 is 1.35 bits per heavy atom. The van der Waals surface area contributed by atoms with Crippen molar-refractivity contribution in [3.63, 3.8) is 0 Å². The lowest BCUT2D eigenvalue weighted by Crippen LogP contribution is -2.33. The molecular formula is C11H15F3N2O. The smallest absolute Gasteiger partial charge is 0.401 e. The molecule has 1 aromatic carbocycles. The number of halogens is 3. The Balaban J connectivity index is 2.70. The summed E-state index contributed by atoms with van der Waals surface area (Å²) in [5, 5.41) is 9.20. The number of aromatic hydroxyl groups is 1. The van der Waals surface area contributed by atoms with E-state index in [4.69, 9.17) is 5.73 Å². The van der Waals surface area contributed by atoms with E-state index in [1.54, 1.807) is 13.0 Å². The number of nitrogens with two attached hydrogens (primary N) is 1. The first-order chi connectivity index (χ1) is 7.81. The van der Waals surface area contributed by atoms with Crippen molar-refractivity contribution in [3.05, 3.63) is 23.8 Å². The largest absolute Gasteiger partial charge is 0.506 e. The Morgan fingerprint density at radius 2 is 2.00 bits per heavy atom. The fraction of sp³-hybridized carbons (Fsp3) is 0.455. The third kappa shape index (κ3) is 4.52. The molecule has 0 spiro atoms. The lowest BCUT2D eigenvalue weighted by atomic mass is 10.1. The zero-order valence-electron chi connectivity index (χ0n) is 9.46. The van der Waals surface area contributed by atoms with Gasteiger partial charge in [0.25, 0.3) is 0 Å². The van der Waals surface area contributed by atoms with Gasteiger partial charge in [0.1, 0.15) is 5.75 Å². The first kappa shape index (κ1) is 13.6. The lowest BCUT2D eigenvalue weighted by Gasteiger charge is -2.22. The highest BCUT2D eigenvalue weighted by molar-refractivity contribution is 5.53. The summed E-state index contributed by atoms with van der Waals surface area (Å²) in [6, 6.07) is 4.42. The number of anilines is 1. The third-order valence-corrected chi connectivity index (χ3v) is 2.35. The Hall–Kier alpha value is -1.43. The van der Waals surface area contributed by atoms with Gasteiger partial charge in [-0.25, -0.2) is 0 Å². The van der Waals surface area contributed by atoms with Crippen LogP contribution in [0.15, 0.2) is 18.2 Å². The zero-order valence-corrected chi connectivity index (χ0v) is 9.46. The molecule has 0 amide bonds. The number of rotatable bonds is 4. The molecular weight excluding hydrogens is 233 g/mol. The van der Waals surface area contributed by atoms with Gasteiger partial charge >= 0.3 is 6.18 Å². The fourth-order valence-electron chi connectivity index (χ4n) is 1.49. The molecule has 0 saturated heterocycles. The van der Waals surface area contributed by atoms with E-state index in [0.29, 0.717) is 12.1 Å². The van der Waals surface area contributed by atoms with Gasteiger partial charge in [0.15, 0.2) is 0 Å². The van der Waals surface area contributed by atoms with Crippen molar-refractivity contribution >= 4 is 5.69 Å². The summed E-state index contributed by atoms with van der Waals surface area (Å²) >= 11 is 0. The van der Waals surface area contributed by atoms with Gasteiger partial charge < -0.3 is 10.8 Å². The minimum Gasteiger partial charge on any atom is -0.506 e. The molecule has 0 aliphatic heterocycles. The summed E-state index contributed by atoms with van der Waals surface area (Å²) < 4.78 is 36.7. The normalized spacial score (nSPS) is 12.1. The van der Waals surface area contributed by atoms with Gasteiger partial charge in [-0.05, 0) is 24.2 Å². The number of nitrogens with zero attached hydrogens (tertiary/aromatic N) is 1. The molecule has 0 unspecified atom stereocenters. The number of nitrogen functional groups attached to an aromatic ring is 1. The topological polar surface area (TPSA) is 49.5 Å². The molecule has 0 aliphatic carbocycles. The quantitative estimate of drug-likeness (QED) is 0.635. The van der Waals surface area contributed by atoms with Crippen LogP contribution in [-0.2, 0) is 6.54 Å².